The van der Waals surface area contributed by atoms with Gasteiger partial charge in [-0.15, -0.1) is 0 Å². The smallest absolute Gasteiger partial charge is 0.0612 e. The SMILES string of the molecule is NC1(CO)CCN(CCc2ccccc2)CC1. The zero-order chi connectivity index (χ0) is 12.1. The highest BCUT2D eigenvalue weighted by atomic mass is 16.3. The molecule has 2 rings (SSSR count). The third-order valence-corrected chi connectivity index (χ3v) is 3.73. The van der Waals surface area contributed by atoms with Gasteiger partial charge in [-0.2, -0.15) is 0 Å². The van der Waals surface area contributed by atoms with E-state index in [4.69, 9.17) is 5.73 Å². The lowest BCUT2D eigenvalue weighted by molar-refractivity contribution is 0.107. The van der Waals surface area contributed by atoms with Gasteiger partial charge in [-0.25, -0.2) is 0 Å². The highest BCUT2D eigenvalue weighted by Crippen LogP contribution is 2.19. The lowest BCUT2D eigenvalue weighted by atomic mass is 9.89. The average molecular weight is 234 g/mol. The number of piperidine rings is 1. The summed E-state index contributed by atoms with van der Waals surface area (Å²) >= 11 is 0. The van der Waals surface area contributed by atoms with Crippen molar-refractivity contribution in [1.82, 2.24) is 4.90 Å². The fourth-order valence-electron chi connectivity index (χ4n) is 2.31. The van der Waals surface area contributed by atoms with Crippen LogP contribution in [-0.2, 0) is 6.42 Å². The number of aliphatic hydroxyl groups excluding tert-OH is 1. The molecule has 1 aromatic rings. The van der Waals surface area contributed by atoms with Crippen LogP contribution < -0.4 is 5.73 Å². The Labute approximate surface area is 103 Å². The molecule has 0 aliphatic carbocycles. The molecule has 0 spiro atoms. The van der Waals surface area contributed by atoms with Crippen LogP contribution in [0, 0.1) is 0 Å². The lowest BCUT2D eigenvalue weighted by Gasteiger charge is -2.38. The van der Waals surface area contributed by atoms with Crippen molar-refractivity contribution in [3.8, 4) is 0 Å². The Morgan fingerprint density at radius 3 is 2.41 bits per heavy atom. The molecule has 0 atom stereocenters. The predicted molar refractivity (Wildman–Crippen MR) is 69.8 cm³/mol. The van der Waals surface area contributed by atoms with E-state index in [1.54, 1.807) is 0 Å². The van der Waals surface area contributed by atoms with Gasteiger partial charge in [0.25, 0.3) is 0 Å². The van der Waals surface area contributed by atoms with Gasteiger partial charge in [0, 0.05) is 12.1 Å². The summed E-state index contributed by atoms with van der Waals surface area (Å²) in [6.07, 6.45) is 2.90. The third kappa shape index (κ3) is 3.53. The second-order valence-corrected chi connectivity index (χ2v) is 5.10. The average Bonchev–Trinajstić information content (AvgIpc) is 2.39. The molecule has 0 saturated carbocycles. The molecule has 1 saturated heterocycles. The Morgan fingerprint density at radius 1 is 1.18 bits per heavy atom. The van der Waals surface area contributed by atoms with Crippen LogP contribution in [0.3, 0.4) is 0 Å². The Kier molecular flexibility index (Phi) is 4.15. The fourth-order valence-corrected chi connectivity index (χ4v) is 2.31. The van der Waals surface area contributed by atoms with Gasteiger partial charge >= 0.3 is 0 Å². The van der Waals surface area contributed by atoms with E-state index in [2.05, 4.69) is 35.2 Å². The summed E-state index contributed by atoms with van der Waals surface area (Å²) < 4.78 is 0. The first kappa shape index (κ1) is 12.6. The quantitative estimate of drug-likeness (QED) is 0.817. The molecular weight excluding hydrogens is 212 g/mol. The molecule has 0 radical (unpaired) electrons. The minimum Gasteiger partial charge on any atom is -0.394 e. The van der Waals surface area contributed by atoms with Gasteiger partial charge in [0.05, 0.1) is 6.61 Å². The normalized spacial score (nSPS) is 20.4. The van der Waals surface area contributed by atoms with Crippen molar-refractivity contribution in [1.29, 1.82) is 0 Å². The second kappa shape index (κ2) is 5.63. The van der Waals surface area contributed by atoms with E-state index >= 15 is 0 Å². The van der Waals surface area contributed by atoms with Crippen molar-refractivity contribution < 1.29 is 5.11 Å². The van der Waals surface area contributed by atoms with E-state index in [1.807, 2.05) is 0 Å². The first-order valence-corrected chi connectivity index (χ1v) is 6.38. The molecule has 1 aliphatic heterocycles. The van der Waals surface area contributed by atoms with Gasteiger partial charge in [-0.3, -0.25) is 0 Å². The number of hydrogen-bond donors (Lipinski definition) is 2. The molecule has 0 unspecified atom stereocenters. The molecule has 0 aromatic heterocycles. The lowest BCUT2D eigenvalue weighted by Crippen LogP contribution is -2.53. The Bertz CT molecular complexity index is 331. The van der Waals surface area contributed by atoms with Gasteiger partial charge in [0.2, 0.25) is 0 Å². The van der Waals surface area contributed by atoms with Gasteiger partial charge in [0.1, 0.15) is 0 Å². The zero-order valence-corrected chi connectivity index (χ0v) is 10.3. The zero-order valence-electron chi connectivity index (χ0n) is 10.3. The van der Waals surface area contributed by atoms with E-state index < -0.39 is 0 Å². The minimum atomic E-state index is -0.330. The summed E-state index contributed by atoms with van der Waals surface area (Å²) in [6.45, 7) is 3.21. The predicted octanol–water partition coefficient (Wildman–Crippen LogP) is 1.01. The van der Waals surface area contributed by atoms with Crippen LogP contribution in [0.15, 0.2) is 30.3 Å². The molecule has 0 bridgehead atoms. The monoisotopic (exact) mass is 234 g/mol. The first-order chi connectivity index (χ1) is 8.22. The maximum atomic E-state index is 9.20. The highest BCUT2D eigenvalue weighted by molar-refractivity contribution is 5.14. The summed E-state index contributed by atoms with van der Waals surface area (Å²) in [4.78, 5) is 2.44. The van der Waals surface area contributed by atoms with E-state index in [-0.39, 0.29) is 12.1 Å². The van der Waals surface area contributed by atoms with Crippen LogP contribution >= 0.6 is 0 Å². The topological polar surface area (TPSA) is 49.5 Å². The number of hydrogen-bond acceptors (Lipinski definition) is 3. The minimum absolute atomic E-state index is 0.111. The van der Waals surface area contributed by atoms with Crippen LogP contribution in [0.25, 0.3) is 0 Å². The third-order valence-electron chi connectivity index (χ3n) is 3.73. The molecule has 1 aromatic carbocycles. The van der Waals surface area contributed by atoms with Crippen molar-refractivity contribution in [2.75, 3.05) is 26.2 Å². The first-order valence-electron chi connectivity index (χ1n) is 6.38. The number of nitrogens with two attached hydrogens (primary N) is 1. The van der Waals surface area contributed by atoms with Crippen molar-refractivity contribution in [3.05, 3.63) is 35.9 Å². The molecule has 1 aliphatic rings. The fraction of sp³-hybridized carbons (Fsp3) is 0.571. The summed E-state index contributed by atoms with van der Waals surface area (Å²) in [6, 6.07) is 10.6. The van der Waals surface area contributed by atoms with E-state index in [0.717, 1.165) is 38.9 Å². The number of likely N-dealkylation sites (tertiary alicyclic amines) is 1. The van der Waals surface area contributed by atoms with Crippen LogP contribution in [0.1, 0.15) is 18.4 Å². The molecular formula is C14H22N2O. The molecule has 0 amide bonds. The van der Waals surface area contributed by atoms with Gasteiger partial charge in [-0.1, -0.05) is 30.3 Å². The summed E-state index contributed by atoms with van der Waals surface area (Å²) in [5.41, 5.74) is 7.11. The summed E-state index contributed by atoms with van der Waals surface area (Å²) in [7, 11) is 0. The van der Waals surface area contributed by atoms with Gasteiger partial charge in [0.15, 0.2) is 0 Å². The van der Waals surface area contributed by atoms with Crippen molar-refractivity contribution in [2.24, 2.45) is 5.73 Å². The molecule has 3 nitrogen and oxygen atoms in total. The van der Waals surface area contributed by atoms with Gasteiger partial charge in [-0.05, 0) is 37.9 Å². The Hall–Kier alpha value is -0.900. The standard InChI is InChI=1S/C14H22N2O/c15-14(12-17)7-10-16(11-8-14)9-6-13-4-2-1-3-5-13/h1-5,17H,6-12,15H2. The van der Waals surface area contributed by atoms with Crippen LogP contribution in [0.4, 0.5) is 0 Å². The molecule has 94 valence electrons. The molecule has 1 fully saturated rings. The number of rotatable bonds is 4. The second-order valence-electron chi connectivity index (χ2n) is 5.10. The molecule has 3 heteroatoms. The van der Waals surface area contributed by atoms with Crippen LogP contribution in [0.5, 0.6) is 0 Å². The largest absolute Gasteiger partial charge is 0.394 e. The number of aliphatic hydroxyl groups is 1. The van der Waals surface area contributed by atoms with Crippen LogP contribution in [-0.4, -0.2) is 41.8 Å². The van der Waals surface area contributed by atoms with Crippen molar-refractivity contribution in [2.45, 2.75) is 24.8 Å². The number of nitrogens with zero attached hydrogens (tertiary/aromatic N) is 1. The maximum Gasteiger partial charge on any atom is 0.0612 e. The van der Waals surface area contributed by atoms with E-state index in [9.17, 15) is 5.11 Å². The van der Waals surface area contributed by atoms with Crippen molar-refractivity contribution in [3.63, 3.8) is 0 Å². The van der Waals surface area contributed by atoms with E-state index in [0.29, 0.717) is 0 Å². The van der Waals surface area contributed by atoms with E-state index in [1.165, 1.54) is 5.56 Å². The molecule has 3 N–H and O–H groups in total. The number of benzene rings is 1. The summed E-state index contributed by atoms with van der Waals surface area (Å²) in [5.74, 6) is 0. The maximum absolute atomic E-state index is 9.20. The highest BCUT2D eigenvalue weighted by Gasteiger charge is 2.29. The Balaban J connectivity index is 1.75. The Morgan fingerprint density at radius 2 is 1.82 bits per heavy atom. The van der Waals surface area contributed by atoms with Crippen LogP contribution in [0.2, 0.25) is 0 Å². The molecule has 1 heterocycles. The van der Waals surface area contributed by atoms with Crippen molar-refractivity contribution >= 4 is 0 Å². The summed E-state index contributed by atoms with van der Waals surface area (Å²) in [5, 5.41) is 9.20. The van der Waals surface area contributed by atoms with Gasteiger partial charge < -0.3 is 15.7 Å². The molecule has 17 heavy (non-hydrogen) atoms.